The van der Waals surface area contributed by atoms with Gasteiger partial charge in [0.15, 0.2) is 6.40 Å². The molecule has 0 saturated heterocycles. The highest BCUT2D eigenvalue weighted by Gasteiger charge is 2.19. The van der Waals surface area contributed by atoms with Crippen molar-refractivity contribution >= 4 is 6.40 Å². The minimum absolute atomic E-state index is 0.367. The summed E-state index contributed by atoms with van der Waals surface area (Å²) in [6.45, 7) is 0. The van der Waals surface area contributed by atoms with Crippen LogP contribution in [0, 0.1) is 0 Å². The van der Waals surface area contributed by atoms with Crippen LogP contribution in [0.4, 0.5) is 0 Å². The minimum atomic E-state index is 0.367. The van der Waals surface area contributed by atoms with E-state index in [9.17, 15) is 0 Å². The first-order chi connectivity index (χ1) is 6.79. The number of methoxy groups -OCH3 is 1. The van der Waals surface area contributed by atoms with E-state index < -0.39 is 0 Å². The molecule has 0 fully saturated rings. The van der Waals surface area contributed by atoms with Gasteiger partial charge in [-0.1, -0.05) is 0 Å². The lowest BCUT2D eigenvalue weighted by molar-refractivity contribution is 0.414. The Morgan fingerprint density at radius 2 is 2.57 bits per heavy atom. The van der Waals surface area contributed by atoms with Gasteiger partial charge >= 0.3 is 0 Å². The number of aryl methyl sites for hydroxylation is 2. The lowest BCUT2D eigenvalue weighted by Crippen LogP contribution is -2.16. The fraction of sp³-hybridized carbons (Fsp3) is 0.600. The lowest BCUT2D eigenvalue weighted by atomic mass is 9.94. The molecule has 14 heavy (non-hydrogen) atoms. The quantitative estimate of drug-likeness (QED) is 0.518. The smallest absolute Gasteiger partial charge is 0.169 e. The van der Waals surface area contributed by atoms with Gasteiger partial charge in [0.1, 0.15) is 0 Å². The molecule has 0 N–H and O–H groups in total. The van der Waals surface area contributed by atoms with Crippen LogP contribution in [0.25, 0.3) is 0 Å². The molecule has 0 radical (unpaired) electrons. The highest BCUT2D eigenvalue weighted by Crippen LogP contribution is 2.21. The molecule has 1 unspecified atom stereocenters. The van der Waals surface area contributed by atoms with Gasteiger partial charge in [-0.15, -0.1) is 0 Å². The first-order valence-corrected chi connectivity index (χ1v) is 4.85. The first-order valence-electron chi connectivity index (χ1n) is 4.85. The molecule has 1 atom stereocenters. The summed E-state index contributed by atoms with van der Waals surface area (Å²) < 4.78 is 6.71. The maximum atomic E-state index is 4.83. The van der Waals surface area contributed by atoms with Gasteiger partial charge < -0.3 is 4.74 Å². The molecule has 0 amide bonds. The Labute approximate surface area is 83.6 Å². The van der Waals surface area contributed by atoms with Crippen LogP contribution in [0.3, 0.4) is 0 Å². The van der Waals surface area contributed by atoms with Crippen LogP contribution in [0.5, 0.6) is 0 Å². The summed E-state index contributed by atoms with van der Waals surface area (Å²) in [5.74, 6) is 0. The fourth-order valence-electron chi connectivity index (χ4n) is 1.90. The molecule has 1 aliphatic rings. The van der Waals surface area contributed by atoms with E-state index in [0.29, 0.717) is 6.04 Å². The SMILES string of the molecule is COC=NC1CCc2nn(C)cc2C1. The zero-order chi connectivity index (χ0) is 9.97. The summed E-state index contributed by atoms with van der Waals surface area (Å²) in [6.07, 6.45) is 6.71. The van der Waals surface area contributed by atoms with Crippen molar-refractivity contribution in [2.24, 2.45) is 12.0 Å². The number of ether oxygens (including phenoxy) is 1. The fourth-order valence-corrected chi connectivity index (χ4v) is 1.90. The van der Waals surface area contributed by atoms with Gasteiger partial charge in [0.2, 0.25) is 0 Å². The largest absolute Gasteiger partial charge is 0.487 e. The molecule has 1 aliphatic carbocycles. The minimum Gasteiger partial charge on any atom is -0.487 e. The number of hydrogen-bond acceptors (Lipinski definition) is 3. The predicted molar refractivity (Wildman–Crippen MR) is 54.5 cm³/mol. The van der Waals surface area contributed by atoms with Crippen LogP contribution in [0.15, 0.2) is 11.2 Å². The Kier molecular flexibility index (Phi) is 2.52. The van der Waals surface area contributed by atoms with E-state index in [1.54, 1.807) is 7.11 Å². The lowest BCUT2D eigenvalue weighted by Gasteiger charge is -2.16. The highest BCUT2D eigenvalue weighted by atomic mass is 16.5. The normalized spacial score (nSPS) is 21.1. The van der Waals surface area contributed by atoms with E-state index >= 15 is 0 Å². The van der Waals surface area contributed by atoms with Crippen LogP contribution >= 0.6 is 0 Å². The molecule has 0 aromatic carbocycles. The van der Waals surface area contributed by atoms with Crippen LogP contribution in [0.2, 0.25) is 0 Å². The van der Waals surface area contributed by atoms with Crippen molar-refractivity contribution < 1.29 is 4.74 Å². The van der Waals surface area contributed by atoms with Crippen molar-refractivity contribution in [3.8, 4) is 0 Å². The Hall–Kier alpha value is -1.32. The average Bonchev–Trinajstić information content (AvgIpc) is 2.54. The molecule has 0 saturated carbocycles. The standard InChI is InChI=1S/C10H15N3O/c1-13-6-8-5-9(11-7-14-2)3-4-10(8)12-13/h6-7,9H,3-5H2,1-2H3. The predicted octanol–water partition coefficient (Wildman–Crippen LogP) is 0.952. The molecule has 0 bridgehead atoms. The summed E-state index contributed by atoms with van der Waals surface area (Å²) in [4.78, 5) is 4.33. The molecule has 0 aliphatic heterocycles. The number of nitrogens with zero attached hydrogens (tertiary/aromatic N) is 3. The number of fused-ring (bicyclic) bond motifs is 1. The third kappa shape index (κ3) is 1.78. The Morgan fingerprint density at radius 1 is 1.71 bits per heavy atom. The summed E-state index contributed by atoms with van der Waals surface area (Å²) in [7, 11) is 3.59. The van der Waals surface area contributed by atoms with E-state index in [-0.39, 0.29) is 0 Å². The Morgan fingerprint density at radius 3 is 3.36 bits per heavy atom. The van der Waals surface area contributed by atoms with Crippen molar-refractivity contribution in [1.29, 1.82) is 0 Å². The van der Waals surface area contributed by atoms with Crippen LogP contribution in [-0.4, -0.2) is 29.3 Å². The molecular weight excluding hydrogens is 178 g/mol. The van der Waals surface area contributed by atoms with E-state index in [0.717, 1.165) is 19.3 Å². The molecule has 4 heteroatoms. The van der Waals surface area contributed by atoms with Crippen molar-refractivity contribution in [3.05, 3.63) is 17.5 Å². The van der Waals surface area contributed by atoms with E-state index in [1.807, 2.05) is 11.7 Å². The number of aromatic nitrogens is 2. The van der Waals surface area contributed by atoms with Crippen LogP contribution < -0.4 is 0 Å². The van der Waals surface area contributed by atoms with E-state index in [2.05, 4.69) is 16.3 Å². The second-order valence-corrected chi connectivity index (χ2v) is 3.66. The molecule has 76 valence electrons. The van der Waals surface area contributed by atoms with E-state index in [4.69, 9.17) is 4.74 Å². The maximum Gasteiger partial charge on any atom is 0.169 e. The van der Waals surface area contributed by atoms with Gasteiger partial charge in [0, 0.05) is 13.2 Å². The molecule has 2 rings (SSSR count). The zero-order valence-electron chi connectivity index (χ0n) is 8.60. The second kappa shape index (κ2) is 3.82. The van der Waals surface area contributed by atoms with Gasteiger partial charge in [0.25, 0.3) is 0 Å². The zero-order valence-corrected chi connectivity index (χ0v) is 8.60. The Bertz CT molecular complexity index is 343. The molecule has 1 heterocycles. The summed E-state index contributed by atoms with van der Waals surface area (Å²) >= 11 is 0. The second-order valence-electron chi connectivity index (χ2n) is 3.66. The summed E-state index contributed by atoms with van der Waals surface area (Å²) in [5.41, 5.74) is 2.56. The van der Waals surface area contributed by atoms with E-state index in [1.165, 1.54) is 17.7 Å². The number of rotatable bonds is 2. The highest BCUT2D eigenvalue weighted by molar-refractivity contribution is 5.46. The molecule has 0 spiro atoms. The average molecular weight is 193 g/mol. The number of aliphatic imine (C=N–C) groups is 1. The third-order valence-corrected chi connectivity index (χ3v) is 2.54. The molecule has 1 aromatic rings. The van der Waals surface area contributed by atoms with Crippen molar-refractivity contribution in [2.45, 2.75) is 25.3 Å². The van der Waals surface area contributed by atoms with Gasteiger partial charge in [-0.25, -0.2) is 0 Å². The van der Waals surface area contributed by atoms with Gasteiger partial charge in [0.05, 0.1) is 18.8 Å². The number of hydrogen-bond donors (Lipinski definition) is 0. The van der Waals surface area contributed by atoms with Crippen LogP contribution in [-0.2, 0) is 24.6 Å². The van der Waals surface area contributed by atoms with Crippen molar-refractivity contribution in [1.82, 2.24) is 9.78 Å². The van der Waals surface area contributed by atoms with Gasteiger partial charge in [-0.2, -0.15) is 5.10 Å². The van der Waals surface area contributed by atoms with Crippen molar-refractivity contribution in [3.63, 3.8) is 0 Å². The molecular formula is C10H15N3O. The summed E-state index contributed by atoms with van der Waals surface area (Å²) in [6, 6.07) is 0.367. The van der Waals surface area contributed by atoms with Crippen LogP contribution in [0.1, 0.15) is 17.7 Å². The molecule has 1 aromatic heterocycles. The third-order valence-electron chi connectivity index (χ3n) is 2.54. The van der Waals surface area contributed by atoms with Gasteiger partial charge in [-0.05, 0) is 24.8 Å². The Balaban J connectivity index is 2.09. The first kappa shape index (κ1) is 9.24. The van der Waals surface area contributed by atoms with Crippen molar-refractivity contribution in [2.75, 3.05) is 7.11 Å². The molecule has 4 nitrogen and oxygen atoms in total. The summed E-state index contributed by atoms with van der Waals surface area (Å²) in [5, 5.41) is 4.40. The van der Waals surface area contributed by atoms with Gasteiger partial charge in [-0.3, -0.25) is 9.67 Å². The monoisotopic (exact) mass is 193 g/mol. The maximum absolute atomic E-state index is 4.83. The topological polar surface area (TPSA) is 39.4 Å².